The molecule has 2 aliphatic heterocycles. The highest BCUT2D eigenvalue weighted by Gasteiger charge is 2.38. The molecule has 0 radical (unpaired) electrons. The van der Waals surface area contributed by atoms with Crippen molar-refractivity contribution < 1.29 is 18.7 Å². The number of fused-ring (bicyclic) bond motifs is 3. The van der Waals surface area contributed by atoms with Crippen LogP contribution in [0.15, 0.2) is 60.0 Å². The Kier molecular flexibility index (Phi) is 4.27. The van der Waals surface area contributed by atoms with Crippen LogP contribution < -0.4 is 0 Å². The highest BCUT2D eigenvalue weighted by Crippen LogP contribution is 2.40. The fraction of sp³-hybridized carbons (Fsp3) is 0.261. The number of halogens is 1. The molecular formula is C23H21FN2O3. The van der Waals surface area contributed by atoms with Gasteiger partial charge in [0.05, 0.1) is 0 Å². The molecule has 0 bridgehead atoms. The zero-order chi connectivity index (χ0) is 20.0. The van der Waals surface area contributed by atoms with E-state index in [1.165, 1.54) is 6.07 Å². The number of amides is 1. The number of aromatic nitrogens is 1. The molecule has 0 spiro atoms. The quantitative estimate of drug-likeness (QED) is 0.716. The van der Waals surface area contributed by atoms with Crippen LogP contribution in [0.4, 0.5) is 4.39 Å². The second-order valence-electron chi connectivity index (χ2n) is 7.32. The molecule has 5 rings (SSSR count). The predicted molar refractivity (Wildman–Crippen MR) is 107 cm³/mol. The lowest BCUT2D eigenvalue weighted by atomic mass is 9.91. The first-order chi connectivity index (χ1) is 14.1. The molecule has 3 heterocycles. The van der Waals surface area contributed by atoms with Crippen LogP contribution in [0.2, 0.25) is 0 Å². The van der Waals surface area contributed by atoms with Gasteiger partial charge in [0.15, 0.2) is 0 Å². The first kappa shape index (κ1) is 17.8. The minimum Gasteiger partial charge on any atom is -0.491 e. The molecular weight excluding hydrogens is 371 g/mol. The maximum Gasteiger partial charge on any atom is 0.293 e. The summed E-state index contributed by atoms with van der Waals surface area (Å²) in [7, 11) is 0. The van der Waals surface area contributed by atoms with Crippen molar-refractivity contribution in [3.05, 3.63) is 82.7 Å². The molecule has 2 aliphatic rings. The van der Waals surface area contributed by atoms with Crippen LogP contribution in [0, 0.1) is 5.82 Å². The fourth-order valence-corrected chi connectivity index (χ4v) is 4.33. The van der Waals surface area contributed by atoms with Gasteiger partial charge in [-0.2, -0.15) is 0 Å². The van der Waals surface area contributed by atoms with E-state index in [1.807, 2.05) is 18.2 Å². The normalized spacial score (nSPS) is 19.0. The Labute approximate surface area is 167 Å². The number of benzene rings is 2. The van der Waals surface area contributed by atoms with Gasteiger partial charge in [-0.15, -0.1) is 0 Å². The third-order valence-corrected chi connectivity index (χ3v) is 5.66. The lowest BCUT2D eigenvalue weighted by Crippen LogP contribution is -2.43. The number of aromatic amines is 1. The van der Waals surface area contributed by atoms with E-state index in [0.29, 0.717) is 37.5 Å². The highest BCUT2D eigenvalue weighted by molar-refractivity contribution is 5.93. The number of hydrogen-bond donors (Lipinski definition) is 1. The highest BCUT2D eigenvalue weighted by atomic mass is 19.1. The van der Waals surface area contributed by atoms with Crippen molar-refractivity contribution >= 4 is 16.8 Å². The van der Waals surface area contributed by atoms with Crippen molar-refractivity contribution in [3.8, 4) is 0 Å². The standard InChI is InChI=1S/C23H21FN2O3/c1-14-22(29-13-12-28-14)23(27)26-11-10-16-15-6-3-5-9-19(15)25-20(16)21(26)17-7-2-4-8-18(17)24/h2-9,21,25H,10-13H2,1H3/t21-/m0/s1. The van der Waals surface area contributed by atoms with E-state index in [4.69, 9.17) is 9.47 Å². The number of carbonyl (C=O) groups excluding carboxylic acids is 1. The fourth-order valence-electron chi connectivity index (χ4n) is 4.33. The number of ether oxygens (including phenoxy) is 2. The molecule has 1 N–H and O–H groups in total. The minimum atomic E-state index is -0.564. The van der Waals surface area contributed by atoms with Gasteiger partial charge in [0.1, 0.15) is 30.8 Å². The molecule has 29 heavy (non-hydrogen) atoms. The first-order valence-electron chi connectivity index (χ1n) is 9.76. The zero-order valence-corrected chi connectivity index (χ0v) is 16.1. The number of para-hydroxylation sites is 1. The molecule has 0 aliphatic carbocycles. The van der Waals surface area contributed by atoms with E-state index in [1.54, 1.807) is 30.0 Å². The van der Waals surface area contributed by atoms with Gasteiger partial charge in [-0.3, -0.25) is 4.79 Å². The average molecular weight is 392 g/mol. The second kappa shape index (κ2) is 6.95. The Morgan fingerprint density at radius 2 is 1.86 bits per heavy atom. The summed E-state index contributed by atoms with van der Waals surface area (Å²) in [5.74, 6) is 0.0567. The largest absolute Gasteiger partial charge is 0.491 e. The summed E-state index contributed by atoms with van der Waals surface area (Å²) in [5, 5.41) is 1.11. The number of nitrogens with zero attached hydrogens (tertiary/aromatic N) is 1. The van der Waals surface area contributed by atoms with Gasteiger partial charge in [-0.25, -0.2) is 4.39 Å². The molecule has 1 atom stereocenters. The monoisotopic (exact) mass is 392 g/mol. The van der Waals surface area contributed by atoms with Crippen LogP contribution in [0.5, 0.6) is 0 Å². The number of carbonyl (C=O) groups is 1. The molecule has 5 nitrogen and oxygen atoms in total. The van der Waals surface area contributed by atoms with Crippen LogP contribution >= 0.6 is 0 Å². The predicted octanol–water partition coefficient (Wildman–Crippen LogP) is 4.06. The third-order valence-electron chi connectivity index (χ3n) is 5.66. The summed E-state index contributed by atoms with van der Waals surface area (Å²) in [4.78, 5) is 18.5. The Bertz CT molecular complexity index is 1130. The second-order valence-corrected chi connectivity index (χ2v) is 7.32. The molecule has 1 aromatic heterocycles. The lowest BCUT2D eigenvalue weighted by Gasteiger charge is -2.37. The van der Waals surface area contributed by atoms with E-state index < -0.39 is 6.04 Å². The van der Waals surface area contributed by atoms with Gasteiger partial charge in [0.25, 0.3) is 5.91 Å². The van der Waals surface area contributed by atoms with Crippen LogP contribution in [0.1, 0.15) is 29.8 Å². The van der Waals surface area contributed by atoms with Gasteiger partial charge in [0.2, 0.25) is 5.76 Å². The van der Waals surface area contributed by atoms with Crippen molar-refractivity contribution in [3.63, 3.8) is 0 Å². The van der Waals surface area contributed by atoms with Gasteiger partial charge in [-0.05, 0) is 31.0 Å². The van der Waals surface area contributed by atoms with Crippen LogP contribution in [0.3, 0.4) is 0 Å². The smallest absolute Gasteiger partial charge is 0.293 e. The molecule has 1 amide bonds. The average Bonchev–Trinajstić information content (AvgIpc) is 3.12. The summed E-state index contributed by atoms with van der Waals surface area (Å²) in [5.41, 5.74) is 3.43. The SMILES string of the molecule is CC1=C(C(=O)N2CCc3c([nH]c4ccccc34)[C@@H]2c2ccccc2F)OCCO1. The molecule has 0 saturated heterocycles. The Morgan fingerprint density at radius 3 is 2.69 bits per heavy atom. The minimum absolute atomic E-state index is 0.206. The summed E-state index contributed by atoms with van der Waals surface area (Å²) in [6, 6.07) is 14.1. The molecule has 0 saturated carbocycles. The third kappa shape index (κ3) is 2.87. The lowest BCUT2D eigenvalue weighted by molar-refractivity contribution is -0.135. The molecule has 6 heteroatoms. The van der Waals surface area contributed by atoms with Crippen molar-refractivity contribution in [2.24, 2.45) is 0 Å². The maximum atomic E-state index is 14.9. The van der Waals surface area contributed by atoms with Crippen molar-refractivity contribution in [1.29, 1.82) is 0 Å². The van der Waals surface area contributed by atoms with Gasteiger partial charge in [0, 0.05) is 28.7 Å². The molecule has 0 unspecified atom stereocenters. The topological polar surface area (TPSA) is 54.6 Å². The van der Waals surface area contributed by atoms with Crippen molar-refractivity contribution in [2.45, 2.75) is 19.4 Å². The van der Waals surface area contributed by atoms with Crippen LogP contribution in [-0.4, -0.2) is 35.5 Å². The van der Waals surface area contributed by atoms with Crippen LogP contribution in [-0.2, 0) is 20.7 Å². The Hall–Kier alpha value is -3.28. The van der Waals surface area contributed by atoms with E-state index in [9.17, 15) is 9.18 Å². The molecule has 2 aromatic carbocycles. The van der Waals surface area contributed by atoms with Crippen molar-refractivity contribution in [1.82, 2.24) is 9.88 Å². The van der Waals surface area contributed by atoms with Crippen LogP contribution in [0.25, 0.3) is 10.9 Å². The van der Waals surface area contributed by atoms with E-state index >= 15 is 0 Å². The van der Waals surface area contributed by atoms with E-state index in [2.05, 4.69) is 11.1 Å². The summed E-state index contributed by atoms with van der Waals surface area (Å²) < 4.78 is 26.0. The number of allylic oxidation sites excluding steroid dienone is 1. The van der Waals surface area contributed by atoms with Gasteiger partial charge in [-0.1, -0.05) is 36.4 Å². The van der Waals surface area contributed by atoms with Gasteiger partial charge >= 0.3 is 0 Å². The molecule has 0 fully saturated rings. The first-order valence-corrected chi connectivity index (χ1v) is 9.76. The summed E-state index contributed by atoms with van der Waals surface area (Å²) >= 11 is 0. The maximum absolute atomic E-state index is 14.9. The summed E-state index contributed by atoms with van der Waals surface area (Å²) in [6.07, 6.45) is 0.684. The zero-order valence-electron chi connectivity index (χ0n) is 16.1. The van der Waals surface area contributed by atoms with Gasteiger partial charge < -0.3 is 19.4 Å². The summed E-state index contributed by atoms with van der Waals surface area (Å²) in [6.45, 7) is 2.94. The number of hydrogen-bond acceptors (Lipinski definition) is 3. The number of H-pyrrole nitrogens is 1. The Balaban J connectivity index is 1.67. The number of nitrogens with one attached hydrogen (secondary N) is 1. The Morgan fingerprint density at radius 1 is 1.10 bits per heavy atom. The van der Waals surface area contributed by atoms with E-state index in [0.717, 1.165) is 22.2 Å². The number of rotatable bonds is 2. The van der Waals surface area contributed by atoms with Crippen molar-refractivity contribution in [2.75, 3.05) is 19.8 Å². The molecule has 148 valence electrons. The molecule has 3 aromatic rings. The van der Waals surface area contributed by atoms with E-state index in [-0.39, 0.29) is 17.5 Å².